The molecule has 2 amide bonds. The predicted molar refractivity (Wildman–Crippen MR) is 97.6 cm³/mol. The molecule has 1 N–H and O–H groups in total. The smallest absolute Gasteiger partial charge is 0.308 e. The molecule has 0 fully saturated rings. The molecule has 0 spiro atoms. The van der Waals surface area contributed by atoms with Crippen molar-refractivity contribution in [2.24, 2.45) is 0 Å². The molecule has 6 nitrogen and oxygen atoms in total. The molecule has 0 unspecified atom stereocenters. The number of hydrogen-bond acceptors (Lipinski definition) is 5. The van der Waals surface area contributed by atoms with Gasteiger partial charge in [0.2, 0.25) is 5.91 Å². The molecule has 136 valence electrons. The summed E-state index contributed by atoms with van der Waals surface area (Å²) in [5.41, 5.74) is 0.824. The van der Waals surface area contributed by atoms with Crippen molar-refractivity contribution in [2.75, 3.05) is 30.3 Å². The molecule has 0 saturated heterocycles. The number of carbonyl (C=O) groups is 3. The molecular weight excluding hydrogens is 340 g/mol. The van der Waals surface area contributed by atoms with E-state index in [9.17, 15) is 14.4 Å². The van der Waals surface area contributed by atoms with E-state index in [1.54, 1.807) is 4.90 Å². The number of para-hydroxylation sites is 1. The van der Waals surface area contributed by atoms with Crippen molar-refractivity contribution in [3.8, 4) is 0 Å². The Morgan fingerprint density at radius 3 is 2.88 bits per heavy atom. The van der Waals surface area contributed by atoms with Crippen molar-refractivity contribution in [2.45, 2.75) is 37.5 Å². The van der Waals surface area contributed by atoms with E-state index in [1.807, 2.05) is 24.3 Å². The molecule has 0 aromatic heterocycles. The first-order valence-corrected chi connectivity index (χ1v) is 9.55. The van der Waals surface area contributed by atoms with Crippen molar-refractivity contribution in [1.82, 2.24) is 5.32 Å². The summed E-state index contributed by atoms with van der Waals surface area (Å²) in [6, 6.07) is 7.62. The first-order valence-electron chi connectivity index (χ1n) is 8.56. The first kappa shape index (κ1) is 19.3. The standard InChI is InChI=1S/C18H24N2O4S/c1-2-3-6-10-19-16(21)12-24-18(23)9-11-20-14-7-4-5-8-15(14)25-13-17(20)22/h4-5,7-8H,2-3,6,9-13H2,1H3,(H,19,21). The zero-order chi connectivity index (χ0) is 18.1. The maximum Gasteiger partial charge on any atom is 0.308 e. The summed E-state index contributed by atoms with van der Waals surface area (Å²) >= 11 is 1.50. The van der Waals surface area contributed by atoms with Gasteiger partial charge in [0.25, 0.3) is 5.91 Å². The lowest BCUT2D eigenvalue weighted by Gasteiger charge is -2.28. The Balaban J connectivity index is 1.73. The molecule has 1 heterocycles. The lowest BCUT2D eigenvalue weighted by atomic mass is 10.2. The molecule has 1 aromatic carbocycles. The third-order valence-corrected chi connectivity index (χ3v) is 4.86. The lowest BCUT2D eigenvalue weighted by molar-refractivity contribution is -0.148. The topological polar surface area (TPSA) is 75.7 Å². The van der Waals surface area contributed by atoms with Crippen LogP contribution in [0.3, 0.4) is 0 Å². The van der Waals surface area contributed by atoms with Crippen molar-refractivity contribution in [1.29, 1.82) is 0 Å². The number of hydrogen-bond donors (Lipinski definition) is 1. The SMILES string of the molecule is CCCCCNC(=O)COC(=O)CCN1C(=O)CSc2ccccc21. The Morgan fingerprint density at radius 1 is 1.28 bits per heavy atom. The summed E-state index contributed by atoms with van der Waals surface area (Å²) in [5.74, 6) is -0.427. The number of rotatable bonds is 9. The van der Waals surface area contributed by atoms with Crippen LogP contribution in [0.4, 0.5) is 5.69 Å². The summed E-state index contributed by atoms with van der Waals surface area (Å²) in [5, 5.41) is 2.71. The minimum absolute atomic E-state index is 0.0230. The zero-order valence-corrected chi connectivity index (χ0v) is 15.3. The normalized spacial score (nSPS) is 13.3. The monoisotopic (exact) mass is 364 g/mol. The molecule has 0 atom stereocenters. The van der Waals surface area contributed by atoms with Crippen LogP contribution in [0, 0.1) is 0 Å². The van der Waals surface area contributed by atoms with Crippen LogP contribution >= 0.6 is 11.8 Å². The predicted octanol–water partition coefficient (Wildman–Crippen LogP) is 2.36. The number of anilines is 1. The van der Waals surface area contributed by atoms with Crippen LogP contribution in [0.25, 0.3) is 0 Å². The van der Waals surface area contributed by atoms with E-state index in [1.165, 1.54) is 11.8 Å². The van der Waals surface area contributed by atoms with Crippen molar-refractivity contribution in [3.63, 3.8) is 0 Å². The Morgan fingerprint density at radius 2 is 2.08 bits per heavy atom. The summed E-state index contributed by atoms with van der Waals surface area (Å²) < 4.78 is 4.98. The number of esters is 1. The van der Waals surface area contributed by atoms with Gasteiger partial charge in [-0.2, -0.15) is 0 Å². The highest BCUT2D eigenvalue weighted by Crippen LogP contribution is 2.34. The number of unbranched alkanes of at least 4 members (excludes halogenated alkanes) is 2. The van der Waals surface area contributed by atoms with Gasteiger partial charge in [0.05, 0.1) is 17.9 Å². The average Bonchev–Trinajstić information content (AvgIpc) is 2.62. The third kappa shape index (κ3) is 6.08. The van der Waals surface area contributed by atoms with Gasteiger partial charge in [-0.3, -0.25) is 14.4 Å². The largest absolute Gasteiger partial charge is 0.456 e. The summed E-state index contributed by atoms with van der Waals surface area (Å²) in [7, 11) is 0. The zero-order valence-electron chi connectivity index (χ0n) is 14.5. The van der Waals surface area contributed by atoms with Crippen LogP contribution in [0.2, 0.25) is 0 Å². The van der Waals surface area contributed by atoms with Gasteiger partial charge >= 0.3 is 5.97 Å². The Bertz CT molecular complexity index is 621. The van der Waals surface area contributed by atoms with E-state index < -0.39 is 5.97 Å². The van der Waals surface area contributed by atoms with Gasteiger partial charge in [0.15, 0.2) is 6.61 Å². The van der Waals surface area contributed by atoms with E-state index >= 15 is 0 Å². The highest BCUT2D eigenvalue weighted by atomic mass is 32.2. The lowest BCUT2D eigenvalue weighted by Crippen LogP contribution is -2.37. The number of ether oxygens (including phenoxy) is 1. The molecule has 0 aliphatic carbocycles. The molecule has 7 heteroatoms. The second-order valence-electron chi connectivity index (χ2n) is 5.77. The minimum Gasteiger partial charge on any atom is -0.456 e. The Labute approximate surface area is 152 Å². The molecule has 1 aliphatic rings. The fourth-order valence-corrected chi connectivity index (χ4v) is 3.41. The molecule has 25 heavy (non-hydrogen) atoms. The maximum atomic E-state index is 12.1. The molecule has 1 aromatic rings. The van der Waals surface area contributed by atoms with E-state index in [0.717, 1.165) is 29.8 Å². The second kappa shape index (κ2) is 10.1. The minimum atomic E-state index is -0.479. The number of thioether (sulfide) groups is 1. The number of fused-ring (bicyclic) bond motifs is 1. The maximum absolute atomic E-state index is 12.1. The molecule has 0 bridgehead atoms. The quantitative estimate of drug-likeness (QED) is 0.538. The Hall–Kier alpha value is -2.02. The van der Waals surface area contributed by atoms with Crippen molar-refractivity contribution < 1.29 is 19.1 Å². The van der Waals surface area contributed by atoms with E-state index in [4.69, 9.17) is 4.74 Å². The fraction of sp³-hybridized carbons (Fsp3) is 0.500. The number of benzene rings is 1. The van der Waals surface area contributed by atoms with Crippen LogP contribution in [0.1, 0.15) is 32.6 Å². The van der Waals surface area contributed by atoms with Crippen molar-refractivity contribution in [3.05, 3.63) is 24.3 Å². The summed E-state index contributed by atoms with van der Waals surface area (Å²) in [6.07, 6.45) is 3.13. The highest BCUT2D eigenvalue weighted by Gasteiger charge is 2.24. The van der Waals surface area contributed by atoms with Gasteiger partial charge < -0.3 is 15.0 Å². The third-order valence-electron chi connectivity index (χ3n) is 3.81. The van der Waals surface area contributed by atoms with Gasteiger partial charge in [0.1, 0.15) is 0 Å². The van der Waals surface area contributed by atoms with Crippen LogP contribution < -0.4 is 10.2 Å². The van der Waals surface area contributed by atoms with Crippen molar-refractivity contribution >= 4 is 35.2 Å². The number of nitrogens with zero attached hydrogens (tertiary/aromatic N) is 1. The fourth-order valence-electron chi connectivity index (χ4n) is 2.47. The molecule has 0 saturated carbocycles. The van der Waals surface area contributed by atoms with E-state index in [2.05, 4.69) is 12.2 Å². The van der Waals surface area contributed by atoms with Gasteiger partial charge in [-0.25, -0.2) is 0 Å². The van der Waals surface area contributed by atoms with E-state index in [0.29, 0.717) is 12.3 Å². The Kier molecular flexibility index (Phi) is 7.78. The van der Waals surface area contributed by atoms with Crippen LogP contribution in [0.5, 0.6) is 0 Å². The molecule has 2 rings (SSSR count). The number of amides is 2. The van der Waals surface area contributed by atoms with Crippen LogP contribution in [-0.4, -0.2) is 43.2 Å². The summed E-state index contributed by atoms with van der Waals surface area (Å²) in [4.78, 5) is 38.2. The van der Waals surface area contributed by atoms with Gasteiger partial charge in [0, 0.05) is 18.0 Å². The second-order valence-corrected chi connectivity index (χ2v) is 6.79. The molecular formula is C18H24N2O4S. The van der Waals surface area contributed by atoms with Gasteiger partial charge in [-0.1, -0.05) is 31.9 Å². The number of carbonyl (C=O) groups excluding carboxylic acids is 3. The number of nitrogens with one attached hydrogen (secondary N) is 1. The first-order chi connectivity index (χ1) is 12.1. The summed E-state index contributed by atoms with van der Waals surface area (Å²) in [6.45, 7) is 2.67. The van der Waals surface area contributed by atoms with E-state index in [-0.39, 0.29) is 31.4 Å². The molecule has 1 aliphatic heterocycles. The average molecular weight is 364 g/mol. The highest BCUT2D eigenvalue weighted by molar-refractivity contribution is 8.00. The van der Waals surface area contributed by atoms with Crippen LogP contribution in [0.15, 0.2) is 29.2 Å². The van der Waals surface area contributed by atoms with Crippen LogP contribution in [-0.2, 0) is 19.1 Å². The van der Waals surface area contributed by atoms with Gasteiger partial charge in [-0.05, 0) is 18.6 Å². The molecule has 0 radical (unpaired) electrons. The van der Waals surface area contributed by atoms with Gasteiger partial charge in [-0.15, -0.1) is 11.8 Å².